The number of likely N-dealkylation sites (tertiary alicyclic amines) is 1. The number of nitrogens with one attached hydrogen (secondary N) is 1. The van der Waals surface area contributed by atoms with Crippen LogP contribution >= 0.6 is 0 Å². The summed E-state index contributed by atoms with van der Waals surface area (Å²) in [7, 11) is 1.58. The molecule has 3 fully saturated rings. The molecule has 0 radical (unpaired) electrons. The third-order valence-electron chi connectivity index (χ3n) is 5.65. The molecule has 4 rings (SSSR count). The number of rotatable bonds is 2. The Morgan fingerprint density at radius 1 is 1.25 bits per heavy atom. The van der Waals surface area contributed by atoms with Crippen molar-refractivity contribution in [3.63, 3.8) is 0 Å². The summed E-state index contributed by atoms with van der Waals surface area (Å²) in [6.45, 7) is 1.37. The Balaban J connectivity index is 1.38. The van der Waals surface area contributed by atoms with Crippen LogP contribution < -0.4 is 10.1 Å². The van der Waals surface area contributed by atoms with Crippen LogP contribution in [-0.2, 0) is 9.59 Å². The molecule has 2 saturated heterocycles. The second kappa shape index (κ2) is 5.06. The van der Waals surface area contributed by atoms with Crippen LogP contribution in [0.5, 0.6) is 5.75 Å². The number of hydrogen-bond donors (Lipinski definition) is 1. The first-order chi connectivity index (χ1) is 11.5. The number of ether oxygens (including phenoxy) is 1. The Labute approximate surface area is 140 Å². The topological polar surface area (TPSA) is 75.7 Å². The third kappa shape index (κ3) is 2.20. The normalized spacial score (nSPS) is 23.5. The fraction of sp³-hybridized carbons (Fsp3) is 0.500. The van der Waals surface area contributed by atoms with Crippen molar-refractivity contribution in [3.05, 3.63) is 29.8 Å². The van der Waals surface area contributed by atoms with Crippen LogP contribution in [0.3, 0.4) is 0 Å². The SMILES string of the molecule is COc1cccc(C(=O)N2CC3(C2)CC2(CCC(=O)NC2=O)C3)c1. The first-order valence-electron chi connectivity index (χ1n) is 8.23. The lowest BCUT2D eigenvalue weighted by molar-refractivity contribution is -0.171. The van der Waals surface area contributed by atoms with E-state index in [9.17, 15) is 14.4 Å². The Hall–Kier alpha value is -2.37. The van der Waals surface area contributed by atoms with E-state index in [0.29, 0.717) is 37.2 Å². The smallest absolute Gasteiger partial charge is 0.254 e. The summed E-state index contributed by atoms with van der Waals surface area (Å²) < 4.78 is 5.16. The molecule has 6 nitrogen and oxygen atoms in total. The molecule has 1 aliphatic carbocycles. The Morgan fingerprint density at radius 3 is 2.67 bits per heavy atom. The summed E-state index contributed by atoms with van der Waals surface area (Å²) in [6.07, 6.45) is 2.62. The van der Waals surface area contributed by atoms with Crippen LogP contribution in [0.15, 0.2) is 24.3 Å². The zero-order valence-electron chi connectivity index (χ0n) is 13.6. The lowest BCUT2D eigenvalue weighted by Gasteiger charge is -2.64. The lowest BCUT2D eigenvalue weighted by Crippen LogP contribution is -2.70. The highest BCUT2D eigenvalue weighted by Crippen LogP contribution is 2.61. The first-order valence-corrected chi connectivity index (χ1v) is 8.23. The number of imide groups is 1. The maximum absolute atomic E-state index is 12.5. The quantitative estimate of drug-likeness (QED) is 0.832. The van der Waals surface area contributed by atoms with Gasteiger partial charge in [-0.15, -0.1) is 0 Å². The summed E-state index contributed by atoms with van der Waals surface area (Å²) in [6, 6.07) is 7.16. The molecule has 126 valence electrons. The molecule has 0 unspecified atom stereocenters. The number of piperidine rings is 1. The van der Waals surface area contributed by atoms with Gasteiger partial charge in [-0.2, -0.15) is 0 Å². The average Bonchev–Trinajstić information content (AvgIpc) is 2.51. The molecule has 1 N–H and O–H groups in total. The maximum atomic E-state index is 12.5. The largest absolute Gasteiger partial charge is 0.497 e. The molecule has 1 saturated carbocycles. The summed E-state index contributed by atoms with van der Waals surface area (Å²) in [4.78, 5) is 37.8. The van der Waals surface area contributed by atoms with Gasteiger partial charge < -0.3 is 9.64 Å². The number of carbonyl (C=O) groups excluding carboxylic acids is 3. The van der Waals surface area contributed by atoms with Gasteiger partial charge in [0.1, 0.15) is 5.75 Å². The van der Waals surface area contributed by atoms with Gasteiger partial charge in [-0.25, -0.2) is 0 Å². The highest BCUT2D eigenvalue weighted by molar-refractivity contribution is 6.01. The van der Waals surface area contributed by atoms with Crippen LogP contribution in [0.1, 0.15) is 36.0 Å². The Kier molecular flexibility index (Phi) is 3.20. The van der Waals surface area contributed by atoms with Crippen molar-refractivity contribution in [2.75, 3.05) is 20.2 Å². The predicted molar refractivity (Wildman–Crippen MR) is 85.4 cm³/mol. The Bertz CT molecular complexity index is 728. The van der Waals surface area contributed by atoms with E-state index in [4.69, 9.17) is 4.74 Å². The van der Waals surface area contributed by atoms with Crippen molar-refractivity contribution in [2.45, 2.75) is 25.7 Å². The van der Waals surface area contributed by atoms with Gasteiger partial charge in [0.25, 0.3) is 5.91 Å². The van der Waals surface area contributed by atoms with Gasteiger partial charge >= 0.3 is 0 Å². The van der Waals surface area contributed by atoms with Gasteiger partial charge in [0.2, 0.25) is 11.8 Å². The number of hydrogen-bond acceptors (Lipinski definition) is 4. The Morgan fingerprint density at radius 2 is 2.00 bits per heavy atom. The highest BCUT2D eigenvalue weighted by Gasteiger charge is 2.64. The second-order valence-corrected chi connectivity index (χ2v) is 7.40. The number of carbonyl (C=O) groups is 3. The van der Waals surface area contributed by atoms with Gasteiger partial charge in [-0.1, -0.05) is 6.07 Å². The van der Waals surface area contributed by atoms with Crippen molar-refractivity contribution >= 4 is 17.7 Å². The minimum Gasteiger partial charge on any atom is -0.497 e. The van der Waals surface area contributed by atoms with E-state index in [1.165, 1.54) is 0 Å². The van der Waals surface area contributed by atoms with Crippen molar-refractivity contribution in [1.82, 2.24) is 10.2 Å². The van der Waals surface area contributed by atoms with Gasteiger partial charge in [-0.3, -0.25) is 19.7 Å². The summed E-state index contributed by atoms with van der Waals surface area (Å²) in [5.74, 6) is 0.378. The van der Waals surface area contributed by atoms with Gasteiger partial charge in [0.05, 0.1) is 12.5 Å². The lowest BCUT2D eigenvalue weighted by atomic mass is 9.47. The van der Waals surface area contributed by atoms with Crippen LogP contribution in [0.4, 0.5) is 0 Å². The third-order valence-corrected chi connectivity index (χ3v) is 5.65. The van der Waals surface area contributed by atoms with E-state index in [1.54, 1.807) is 19.2 Å². The number of amides is 3. The first kappa shape index (κ1) is 15.2. The van der Waals surface area contributed by atoms with Gasteiger partial charge in [-0.05, 0) is 37.5 Å². The predicted octanol–water partition coefficient (Wildman–Crippen LogP) is 1.35. The highest BCUT2D eigenvalue weighted by atomic mass is 16.5. The van der Waals surface area contributed by atoms with Crippen molar-refractivity contribution < 1.29 is 19.1 Å². The average molecular weight is 328 g/mol. The maximum Gasteiger partial charge on any atom is 0.254 e. The van der Waals surface area contributed by atoms with Gasteiger partial charge in [0.15, 0.2) is 0 Å². The van der Waals surface area contributed by atoms with E-state index >= 15 is 0 Å². The summed E-state index contributed by atoms with van der Waals surface area (Å²) >= 11 is 0. The minimum atomic E-state index is -0.376. The minimum absolute atomic E-state index is 0.00347. The molecule has 2 aliphatic heterocycles. The number of methoxy groups -OCH3 is 1. The molecule has 0 aromatic heterocycles. The van der Waals surface area contributed by atoms with Crippen LogP contribution in [0, 0.1) is 10.8 Å². The van der Waals surface area contributed by atoms with E-state index in [2.05, 4.69) is 5.32 Å². The zero-order chi connectivity index (χ0) is 16.9. The number of nitrogens with zero attached hydrogens (tertiary/aromatic N) is 1. The fourth-order valence-electron chi connectivity index (χ4n) is 4.58. The molecule has 0 atom stereocenters. The molecule has 3 aliphatic rings. The molecule has 3 amide bonds. The van der Waals surface area contributed by atoms with E-state index in [-0.39, 0.29) is 28.6 Å². The molecule has 0 bridgehead atoms. The van der Waals surface area contributed by atoms with Gasteiger partial charge in [0, 0.05) is 30.5 Å². The van der Waals surface area contributed by atoms with Crippen LogP contribution in [0.25, 0.3) is 0 Å². The molecule has 24 heavy (non-hydrogen) atoms. The monoisotopic (exact) mass is 328 g/mol. The molecular formula is C18H20N2O4. The standard InChI is InChI=1S/C18H20N2O4/c1-24-13-4-2-3-12(7-13)15(22)20-10-17(11-20)8-18(9-17)6-5-14(21)19-16(18)23/h2-4,7H,5-6,8-11H2,1H3,(H,19,21,23). The summed E-state index contributed by atoms with van der Waals surface area (Å²) in [5, 5.41) is 2.46. The van der Waals surface area contributed by atoms with Crippen molar-refractivity contribution in [1.29, 1.82) is 0 Å². The van der Waals surface area contributed by atoms with Crippen LogP contribution in [0.2, 0.25) is 0 Å². The molecule has 6 heteroatoms. The van der Waals surface area contributed by atoms with Crippen molar-refractivity contribution in [3.8, 4) is 5.75 Å². The van der Waals surface area contributed by atoms with Crippen LogP contribution in [-0.4, -0.2) is 42.8 Å². The zero-order valence-corrected chi connectivity index (χ0v) is 13.6. The second-order valence-electron chi connectivity index (χ2n) is 7.40. The van der Waals surface area contributed by atoms with E-state index in [1.807, 2.05) is 17.0 Å². The molecule has 1 aromatic carbocycles. The molecule has 2 spiro atoms. The molecule has 1 aromatic rings. The van der Waals surface area contributed by atoms with E-state index < -0.39 is 0 Å². The molecule has 2 heterocycles. The fourth-order valence-corrected chi connectivity index (χ4v) is 4.58. The summed E-state index contributed by atoms with van der Waals surface area (Å²) in [5.41, 5.74) is 0.310. The van der Waals surface area contributed by atoms with E-state index in [0.717, 1.165) is 12.8 Å². The van der Waals surface area contributed by atoms with Crippen molar-refractivity contribution in [2.24, 2.45) is 10.8 Å². The number of benzene rings is 1. The molecular weight excluding hydrogens is 308 g/mol.